The lowest BCUT2D eigenvalue weighted by atomic mass is 10.1. The third kappa shape index (κ3) is 5.52. The summed E-state index contributed by atoms with van der Waals surface area (Å²) >= 11 is 11.9. The first kappa shape index (κ1) is 23.9. The number of pyridine rings is 1. The standard InChI is InChI=1S/C19H14Cl2F4N2O5/c20-11-5-10(17(28)27-3-1-2-14(27)18(29)30)13(22)6-15(11)32-9-4-12(21)16(26-7-9)31-8-19(23,24)25/h4-7,14H,1-3,8H2,(H,29,30)/t14-/m0/s1. The van der Waals surface area contributed by atoms with Crippen molar-refractivity contribution in [2.45, 2.75) is 25.1 Å². The fourth-order valence-electron chi connectivity index (χ4n) is 3.04. The van der Waals surface area contributed by atoms with E-state index in [0.29, 0.717) is 6.42 Å². The topological polar surface area (TPSA) is 89.0 Å². The number of hydrogen-bond acceptors (Lipinski definition) is 5. The van der Waals surface area contributed by atoms with Gasteiger partial charge in [-0.2, -0.15) is 13.2 Å². The molecule has 0 radical (unpaired) electrons. The molecule has 1 aliphatic heterocycles. The summed E-state index contributed by atoms with van der Waals surface area (Å²) in [6.07, 6.45) is -2.86. The highest BCUT2D eigenvalue weighted by molar-refractivity contribution is 6.32. The van der Waals surface area contributed by atoms with Gasteiger partial charge in [-0.3, -0.25) is 4.79 Å². The Kier molecular flexibility index (Phi) is 6.99. The van der Waals surface area contributed by atoms with Gasteiger partial charge in [-0.1, -0.05) is 23.2 Å². The van der Waals surface area contributed by atoms with Crippen LogP contribution < -0.4 is 9.47 Å². The largest absolute Gasteiger partial charge is 0.480 e. The minimum absolute atomic E-state index is 0.0831. The average Bonchev–Trinajstić information content (AvgIpc) is 3.19. The Morgan fingerprint density at radius 2 is 1.94 bits per heavy atom. The minimum Gasteiger partial charge on any atom is -0.480 e. The van der Waals surface area contributed by atoms with Gasteiger partial charge in [-0.15, -0.1) is 0 Å². The number of carbonyl (C=O) groups is 2. The van der Waals surface area contributed by atoms with Crippen molar-refractivity contribution in [3.05, 3.63) is 45.8 Å². The van der Waals surface area contributed by atoms with Gasteiger partial charge in [0.15, 0.2) is 6.61 Å². The van der Waals surface area contributed by atoms with Crippen LogP contribution in [0.3, 0.4) is 0 Å². The average molecular weight is 497 g/mol. The van der Waals surface area contributed by atoms with Gasteiger partial charge in [0, 0.05) is 18.7 Å². The first-order valence-corrected chi connectivity index (χ1v) is 9.77. The zero-order valence-corrected chi connectivity index (χ0v) is 17.5. The number of likely N-dealkylation sites (tertiary alicyclic amines) is 1. The monoisotopic (exact) mass is 496 g/mol. The zero-order chi connectivity index (χ0) is 23.6. The molecule has 0 bridgehead atoms. The molecule has 0 spiro atoms. The number of aromatic nitrogens is 1. The summed E-state index contributed by atoms with van der Waals surface area (Å²) in [5.74, 6) is -3.80. The molecule has 2 aromatic rings. The van der Waals surface area contributed by atoms with Crippen molar-refractivity contribution in [3.63, 3.8) is 0 Å². The summed E-state index contributed by atoms with van der Waals surface area (Å²) in [5.41, 5.74) is -0.428. The Morgan fingerprint density at radius 3 is 2.56 bits per heavy atom. The van der Waals surface area contributed by atoms with Crippen molar-refractivity contribution in [2.24, 2.45) is 0 Å². The number of carbonyl (C=O) groups excluding carboxylic acids is 1. The van der Waals surface area contributed by atoms with E-state index in [4.69, 9.17) is 27.9 Å². The van der Waals surface area contributed by atoms with Crippen LogP contribution in [0.5, 0.6) is 17.4 Å². The SMILES string of the molecule is O=C(O)[C@@H]1CCCN1C(=O)c1cc(Cl)c(Oc2cnc(OCC(F)(F)F)c(Cl)c2)cc1F. The summed E-state index contributed by atoms with van der Waals surface area (Å²) < 4.78 is 61.2. The van der Waals surface area contributed by atoms with Gasteiger partial charge in [-0.25, -0.2) is 14.2 Å². The smallest absolute Gasteiger partial charge is 0.422 e. The maximum absolute atomic E-state index is 14.6. The number of aliphatic carboxylic acids is 1. The Hall–Kier alpha value is -2.79. The number of amides is 1. The number of rotatable bonds is 6. The molecule has 3 rings (SSSR count). The summed E-state index contributed by atoms with van der Waals surface area (Å²) in [6, 6.07) is 1.86. The molecule has 0 saturated carbocycles. The van der Waals surface area contributed by atoms with E-state index in [1.807, 2.05) is 0 Å². The lowest BCUT2D eigenvalue weighted by Crippen LogP contribution is -2.40. The molecular formula is C19H14Cl2F4N2O5. The third-order valence-electron chi connectivity index (χ3n) is 4.43. The van der Waals surface area contributed by atoms with Crippen LogP contribution in [-0.4, -0.2) is 52.2 Å². The fraction of sp³-hybridized carbons (Fsp3) is 0.316. The maximum Gasteiger partial charge on any atom is 0.422 e. The summed E-state index contributed by atoms with van der Waals surface area (Å²) in [5, 5.41) is 8.75. The molecule has 1 fully saturated rings. The first-order chi connectivity index (χ1) is 15.0. The predicted octanol–water partition coefficient (Wildman–Crippen LogP) is 4.95. The molecule has 7 nitrogen and oxygen atoms in total. The highest BCUT2D eigenvalue weighted by Gasteiger charge is 2.35. The van der Waals surface area contributed by atoms with E-state index in [-0.39, 0.29) is 34.5 Å². The Balaban J connectivity index is 1.78. The van der Waals surface area contributed by atoms with E-state index in [0.717, 1.165) is 29.3 Å². The molecule has 1 aromatic carbocycles. The van der Waals surface area contributed by atoms with Gasteiger partial charge in [-0.05, 0) is 18.9 Å². The Bertz CT molecular complexity index is 1050. The Morgan fingerprint density at radius 1 is 1.22 bits per heavy atom. The molecule has 172 valence electrons. The van der Waals surface area contributed by atoms with Gasteiger partial charge in [0.05, 0.1) is 16.8 Å². The van der Waals surface area contributed by atoms with Crippen LogP contribution in [0.2, 0.25) is 10.0 Å². The third-order valence-corrected chi connectivity index (χ3v) is 5.00. The van der Waals surface area contributed by atoms with Crippen LogP contribution in [0.25, 0.3) is 0 Å². The van der Waals surface area contributed by atoms with Gasteiger partial charge in [0.1, 0.15) is 28.4 Å². The van der Waals surface area contributed by atoms with E-state index in [9.17, 15) is 32.3 Å². The molecule has 1 atom stereocenters. The van der Waals surface area contributed by atoms with Crippen LogP contribution in [0.15, 0.2) is 24.4 Å². The highest BCUT2D eigenvalue weighted by Crippen LogP contribution is 2.35. The van der Waals surface area contributed by atoms with Crippen LogP contribution in [0, 0.1) is 5.82 Å². The first-order valence-electron chi connectivity index (χ1n) is 9.02. The molecule has 1 saturated heterocycles. The lowest BCUT2D eigenvalue weighted by molar-refractivity contribution is -0.154. The molecule has 1 amide bonds. The molecule has 13 heteroatoms. The summed E-state index contributed by atoms with van der Waals surface area (Å²) in [7, 11) is 0. The van der Waals surface area contributed by atoms with Crippen LogP contribution in [-0.2, 0) is 4.79 Å². The molecule has 0 unspecified atom stereocenters. The van der Waals surface area contributed by atoms with Crippen molar-refractivity contribution in [2.75, 3.05) is 13.2 Å². The summed E-state index contributed by atoms with van der Waals surface area (Å²) in [4.78, 5) is 28.6. The molecule has 0 aliphatic carbocycles. The van der Waals surface area contributed by atoms with E-state index < -0.39 is 48.0 Å². The maximum atomic E-state index is 14.6. The van der Waals surface area contributed by atoms with Gasteiger partial charge < -0.3 is 19.5 Å². The normalized spacial score (nSPS) is 16.2. The molecule has 32 heavy (non-hydrogen) atoms. The molecule has 2 heterocycles. The van der Waals surface area contributed by atoms with Crippen molar-refractivity contribution in [3.8, 4) is 17.4 Å². The highest BCUT2D eigenvalue weighted by atomic mass is 35.5. The zero-order valence-electron chi connectivity index (χ0n) is 16.0. The van der Waals surface area contributed by atoms with Crippen molar-refractivity contribution >= 4 is 35.1 Å². The number of halogens is 6. The number of ether oxygens (including phenoxy) is 2. The second-order valence-corrected chi connectivity index (χ2v) is 7.54. The summed E-state index contributed by atoms with van der Waals surface area (Å²) in [6.45, 7) is -1.43. The van der Waals surface area contributed by atoms with Crippen LogP contribution in [0.4, 0.5) is 17.6 Å². The van der Waals surface area contributed by atoms with Crippen LogP contribution in [0.1, 0.15) is 23.2 Å². The number of nitrogens with zero attached hydrogens (tertiary/aromatic N) is 2. The van der Waals surface area contributed by atoms with Crippen molar-refractivity contribution < 1.29 is 41.7 Å². The number of benzene rings is 1. The van der Waals surface area contributed by atoms with Crippen molar-refractivity contribution in [1.29, 1.82) is 0 Å². The number of carboxylic acids is 1. The Labute approximate surface area is 188 Å². The van der Waals surface area contributed by atoms with Crippen molar-refractivity contribution in [1.82, 2.24) is 9.88 Å². The molecule has 1 aliphatic rings. The van der Waals surface area contributed by atoms with Gasteiger partial charge >= 0.3 is 12.1 Å². The van der Waals surface area contributed by atoms with E-state index in [2.05, 4.69) is 9.72 Å². The second kappa shape index (κ2) is 9.37. The minimum atomic E-state index is -4.58. The number of alkyl halides is 3. The van der Waals surface area contributed by atoms with Gasteiger partial charge in [0.2, 0.25) is 5.88 Å². The predicted molar refractivity (Wildman–Crippen MR) is 104 cm³/mol. The second-order valence-electron chi connectivity index (χ2n) is 6.72. The number of hydrogen-bond donors (Lipinski definition) is 1. The fourth-order valence-corrected chi connectivity index (χ4v) is 3.45. The molecule has 1 N–H and O–H groups in total. The van der Waals surface area contributed by atoms with E-state index in [1.54, 1.807) is 0 Å². The molecule has 1 aromatic heterocycles. The molecular weight excluding hydrogens is 483 g/mol. The van der Waals surface area contributed by atoms with Gasteiger partial charge in [0.25, 0.3) is 5.91 Å². The van der Waals surface area contributed by atoms with E-state index >= 15 is 0 Å². The quantitative estimate of drug-likeness (QED) is 0.569. The lowest BCUT2D eigenvalue weighted by Gasteiger charge is -2.22. The number of carboxylic acid groups (broad SMARTS) is 1. The van der Waals surface area contributed by atoms with Crippen LogP contribution >= 0.6 is 23.2 Å². The van der Waals surface area contributed by atoms with E-state index in [1.165, 1.54) is 0 Å².